The molecule has 0 bridgehead atoms. The van der Waals surface area contributed by atoms with Gasteiger partial charge >= 0.3 is 6.18 Å². The Bertz CT molecular complexity index is 935. The van der Waals surface area contributed by atoms with Crippen LogP contribution < -0.4 is 10.5 Å². The van der Waals surface area contributed by atoms with Crippen molar-refractivity contribution in [2.24, 2.45) is 5.73 Å². The molecule has 4 nitrogen and oxygen atoms in total. The maximum atomic E-state index is 13.2. The number of hydrogen-bond donors (Lipinski definition) is 1. The standard InChI is InChI=1S/C20H19F3N2O2/c1-11-6-4-9-14(18(11)27-3)16-17(26)15(19(24)25(16)2)12-7-5-8-13(10-12)20(21,22)23/h4-10,16H,24H2,1-3H3. The number of ether oxygens (including phenoxy) is 1. The SMILES string of the molecule is COc1c(C)cccc1C1C(=O)C(c2cccc(C(F)(F)F)c2)=C(N)N1C. The maximum absolute atomic E-state index is 13.2. The lowest BCUT2D eigenvalue weighted by Crippen LogP contribution is -2.26. The molecule has 0 aliphatic carbocycles. The van der Waals surface area contributed by atoms with Gasteiger partial charge in [0.1, 0.15) is 17.6 Å². The van der Waals surface area contributed by atoms with Gasteiger partial charge < -0.3 is 15.4 Å². The van der Waals surface area contributed by atoms with E-state index in [4.69, 9.17) is 10.5 Å². The minimum Gasteiger partial charge on any atom is -0.496 e. The van der Waals surface area contributed by atoms with Crippen molar-refractivity contribution in [2.75, 3.05) is 14.2 Å². The van der Waals surface area contributed by atoms with Crippen molar-refractivity contribution in [1.82, 2.24) is 4.90 Å². The zero-order valence-corrected chi connectivity index (χ0v) is 15.1. The fraction of sp³-hybridized carbons (Fsp3) is 0.250. The molecule has 2 aromatic rings. The van der Waals surface area contributed by atoms with E-state index < -0.39 is 17.8 Å². The van der Waals surface area contributed by atoms with Gasteiger partial charge in [0.15, 0.2) is 5.78 Å². The smallest absolute Gasteiger partial charge is 0.416 e. The second-order valence-corrected chi connectivity index (χ2v) is 6.41. The van der Waals surface area contributed by atoms with Crippen molar-refractivity contribution in [3.05, 3.63) is 70.5 Å². The van der Waals surface area contributed by atoms with E-state index in [0.29, 0.717) is 11.3 Å². The Kier molecular flexibility index (Phi) is 4.63. The summed E-state index contributed by atoms with van der Waals surface area (Å²) in [4.78, 5) is 14.7. The molecule has 3 rings (SSSR count). The zero-order chi connectivity index (χ0) is 19.9. The van der Waals surface area contributed by atoms with E-state index in [2.05, 4.69) is 0 Å². The topological polar surface area (TPSA) is 55.6 Å². The molecule has 0 saturated heterocycles. The quantitative estimate of drug-likeness (QED) is 0.883. The van der Waals surface area contributed by atoms with Crippen LogP contribution in [0.5, 0.6) is 5.75 Å². The highest BCUT2D eigenvalue weighted by molar-refractivity contribution is 6.26. The number of alkyl halides is 3. The van der Waals surface area contributed by atoms with Gasteiger partial charge in [0.25, 0.3) is 0 Å². The van der Waals surface area contributed by atoms with Gasteiger partial charge in [-0.25, -0.2) is 0 Å². The number of Topliss-reactive ketones (excluding diaryl/α,β-unsaturated/α-hetero) is 1. The summed E-state index contributed by atoms with van der Waals surface area (Å²) in [5.74, 6) is 0.326. The maximum Gasteiger partial charge on any atom is 0.416 e. The first-order chi connectivity index (χ1) is 12.7. The Balaban J connectivity index is 2.09. The predicted octanol–water partition coefficient (Wildman–Crippen LogP) is 3.91. The van der Waals surface area contributed by atoms with Crippen molar-refractivity contribution in [3.63, 3.8) is 0 Å². The van der Waals surface area contributed by atoms with Gasteiger partial charge in [-0.15, -0.1) is 0 Å². The molecule has 142 valence electrons. The highest BCUT2D eigenvalue weighted by Gasteiger charge is 2.40. The molecule has 0 amide bonds. The Labute approximate surface area is 155 Å². The fourth-order valence-corrected chi connectivity index (χ4v) is 3.41. The van der Waals surface area contributed by atoms with Gasteiger partial charge in [-0.3, -0.25) is 4.79 Å². The lowest BCUT2D eigenvalue weighted by atomic mass is 9.94. The lowest BCUT2D eigenvalue weighted by molar-refractivity contribution is -0.137. The van der Waals surface area contributed by atoms with E-state index in [-0.39, 0.29) is 22.7 Å². The largest absolute Gasteiger partial charge is 0.496 e. The minimum atomic E-state index is -4.50. The van der Waals surface area contributed by atoms with Crippen LogP contribution in [0.4, 0.5) is 13.2 Å². The number of nitrogens with two attached hydrogens (primary N) is 1. The number of carbonyl (C=O) groups is 1. The summed E-state index contributed by atoms with van der Waals surface area (Å²) >= 11 is 0. The number of ketones is 1. The van der Waals surface area contributed by atoms with Gasteiger partial charge in [0, 0.05) is 12.6 Å². The number of para-hydroxylation sites is 1. The van der Waals surface area contributed by atoms with Crippen molar-refractivity contribution in [2.45, 2.75) is 19.1 Å². The summed E-state index contributed by atoms with van der Waals surface area (Å²) in [6.07, 6.45) is -4.50. The Morgan fingerprint density at radius 1 is 1.15 bits per heavy atom. The predicted molar refractivity (Wildman–Crippen MR) is 95.8 cm³/mol. The Morgan fingerprint density at radius 3 is 2.44 bits per heavy atom. The van der Waals surface area contributed by atoms with Crippen LogP contribution in [-0.4, -0.2) is 24.8 Å². The summed E-state index contributed by atoms with van der Waals surface area (Å²) in [5, 5.41) is 0. The van der Waals surface area contributed by atoms with Gasteiger partial charge in [-0.05, 0) is 30.2 Å². The number of aryl methyl sites for hydroxylation is 1. The molecule has 1 unspecified atom stereocenters. The molecule has 1 aliphatic rings. The Morgan fingerprint density at radius 2 is 1.81 bits per heavy atom. The average molecular weight is 376 g/mol. The van der Waals surface area contributed by atoms with Gasteiger partial charge in [0.2, 0.25) is 0 Å². The summed E-state index contributed by atoms with van der Waals surface area (Å²) in [6, 6.07) is 9.29. The van der Waals surface area contributed by atoms with Crippen LogP contribution in [0.1, 0.15) is 28.3 Å². The fourth-order valence-electron chi connectivity index (χ4n) is 3.41. The van der Waals surface area contributed by atoms with Crippen molar-refractivity contribution >= 4 is 11.4 Å². The van der Waals surface area contributed by atoms with Crippen LogP contribution in [0.3, 0.4) is 0 Å². The van der Waals surface area contributed by atoms with Crippen molar-refractivity contribution < 1.29 is 22.7 Å². The molecule has 0 fully saturated rings. The molecule has 1 atom stereocenters. The van der Waals surface area contributed by atoms with Crippen LogP contribution in [-0.2, 0) is 11.0 Å². The molecular formula is C20H19F3N2O2. The molecule has 0 saturated carbocycles. The lowest BCUT2D eigenvalue weighted by Gasteiger charge is -2.24. The molecule has 27 heavy (non-hydrogen) atoms. The van der Waals surface area contributed by atoms with E-state index in [1.165, 1.54) is 19.2 Å². The third kappa shape index (κ3) is 3.13. The summed E-state index contributed by atoms with van der Waals surface area (Å²) in [7, 11) is 3.15. The zero-order valence-electron chi connectivity index (χ0n) is 15.1. The van der Waals surface area contributed by atoms with E-state index in [1.807, 2.05) is 13.0 Å². The van der Waals surface area contributed by atoms with Crippen LogP contribution in [0.2, 0.25) is 0 Å². The molecule has 2 N–H and O–H groups in total. The number of rotatable bonds is 3. The van der Waals surface area contributed by atoms with Gasteiger partial charge in [-0.2, -0.15) is 13.2 Å². The van der Waals surface area contributed by atoms with E-state index in [9.17, 15) is 18.0 Å². The monoisotopic (exact) mass is 376 g/mol. The molecular weight excluding hydrogens is 357 g/mol. The number of benzene rings is 2. The molecule has 1 heterocycles. The number of methoxy groups -OCH3 is 1. The number of hydrogen-bond acceptors (Lipinski definition) is 4. The molecule has 0 aromatic heterocycles. The second kappa shape index (κ2) is 6.64. The van der Waals surface area contributed by atoms with Crippen LogP contribution >= 0.6 is 0 Å². The average Bonchev–Trinajstić information content (AvgIpc) is 2.83. The first-order valence-corrected chi connectivity index (χ1v) is 8.24. The molecule has 1 aliphatic heterocycles. The number of halogens is 3. The third-order valence-electron chi connectivity index (χ3n) is 4.74. The molecule has 7 heteroatoms. The second-order valence-electron chi connectivity index (χ2n) is 6.41. The molecule has 2 aromatic carbocycles. The van der Waals surface area contributed by atoms with Gasteiger partial charge in [0.05, 0.1) is 18.2 Å². The van der Waals surface area contributed by atoms with Crippen LogP contribution in [0.15, 0.2) is 48.3 Å². The summed E-state index contributed by atoms with van der Waals surface area (Å²) in [5.41, 5.74) is 6.99. The highest BCUT2D eigenvalue weighted by atomic mass is 19.4. The summed E-state index contributed by atoms with van der Waals surface area (Å²) in [6.45, 7) is 1.85. The first-order valence-electron chi connectivity index (χ1n) is 8.24. The first kappa shape index (κ1) is 18.8. The summed E-state index contributed by atoms with van der Waals surface area (Å²) < 4.78 is 44.6. The van der Waals surface area contributed by atoms with E-state index in [0.717, 1.165) is 17.7 Å². The normalized spacial score (nSPS) is 17.6. The third-order valence-corrected chi connectivity index (χ3v) is 4.74. The molecule has 0 radical (unpaired) electrons. The highest BCUT2D eigenvalue weighted by Crippen LogP contribution is 2.42. The van der Waals surface area contributed by atoms with Crippen molar-refractivity contribution in [3.8, 4) is 5.75 Å². The van der Waals surface area contributed by atoms with Crippen LogP contribution in [0, 0.1) is 6.92 Å². The number of carbonyl (C=O) groups excluding carboxylic acids is 1. The number of likely N-dealkylation sites (N-methyl/N-ethyl adjacent to an activating group) is 1. The minimum absolute atomic E-state index is 0.0807. The van der Waals surface area contributed by atoms with E-state index in [1.54, 1.807) is 24.1 Å². The van der Waals surface area contributed by atoms with Gasteiger partial charge in [-0.1, -0.05) is 30.3 Å². The van der Waals surface area contributed by atoms with Crippen LogP contribution in [0.25, 0.3) is 5.57 Å². The Hall–Kier alpha value is -2.96. The molecule has 0 spiro atoms. The number of nitrogens with zero attached hydrogens (tertiary/aromatic N) is 1. The van der Waals surface area contributed by atoms with Crippen molar-refractivity contribution in [1.29, 1.82) is 0 Å². The van der Waals surface area contributed by atoms with E-state index >= 15 is 0 Å².